The predicted octanol–water partition coefficient (Wildman–Crippen LogP) is 2.66. The van der Waals surface area contributed by atoms with Gasteiger partial charge in [-0.15, -0.1) is 0 Å². The number of benzene rings is 1. The molecule has 1 fully saturated rings. The first-order chi connectivity index (χ1) is 13.0. The Morgan fingerprint density at radius 2 is 1.89 bits per heavy atom. The number of carbonyl (C=O) groups is 1. The average Bonchev–Trinajstić information content (AvgIpc) is 2.70. The normalized spacial score (nSPS) is 16.0. The minimum Gasteiger partial charge on any atom is -0.474 e. The lowest BCUT2D eigenvalue weighted by molar-refractivity contribution is -0.115. The number of piperidine rings is 1. The highest BCUT2D eigenvalue weighted by atomic mass is 32.2. The van der Waals surface area contributed by atoms with Crippen molar-refractivity contribution >= 4 is 21.6 Å². The van der Waals surface area contributed by atoms with E-state index >= 15 is 0 Å². The van der Waals surface area contributed by atoms with E-state index in [4.69, 9.17) is 4.74 Å². The quantitative estimate of drug-likeness (QED) is 0.820. The van der Waals surface area contributed by atoms with Crippen molar-refractivity contribution < 1.29 is 17.9 Å². The number of aromatic nitrogens is 1. The molecule has 2 aromatic rings. The van der Waals surface area contributed by atoms with Crippen molar-refractivity contribution in [2.45, 2.75) is 37.2 Å². The fraction of sp³-hybridized carbons (Fsp3) is 0.368. The van der Waals surface area contributed by atoms with Crippen LogP contribution in [0.2, 0.25) is 0 Å². The number of sulfonamides is 1. The molecule has 0 radical (unpaired) electrons. The molecule has 1 saturated heterocycles. The zero-order chi connectivity index (χ0) is 19.3. The van der Waals surface area contributed by atoms with Gasteiger partial charge in [0.15, 0.2) is 0 Å². The van der Waals surface area contributed by atoms with Gasteiger partial charge in [0.2, 0.25) is 21.8 Å². The number of anilines is 1. The summed E-state index contributed by atoms with van der Waals surface area (Å²) in [6.45, 7) is 2.60. The van der Waals surface area contributed by atoms with Gasteiger partial charge in [0.25, 0.3) is 0 Å². The zero-order valence-electron chi connectivity index (χ0n) is 15.2. The number of rotatable bonds is 6. The molecule has 1 aliphatic heterocycles. The molecule has 3 rings (SSSR count). The molecule has 8 heteroatoms. The van der Waals surface area contributed by atoms with Gasteiger partial charge in [0, 0.05) is 25.6 Å². The van der Waals surface area contributed by atoms with Crippen LogP contribution in [0.5, 0.6) is 5.88 Å². The monoisotopic (exact) mass is 389 g/mol. The predicted molar refractivity (Wildman–Crippen MR) is 102 cm³/mol. The van der Waals surface area contributed by atoms with E-state index in [1.54, 1.807) is 55.6 Å². The smallest absolute Gasteiger partial charge is 0.243 e. The first kappa shape index (κ1) is 19.3. The summed E-state index contributed by atoms with van der Waals surface area (Å²) in [6.07, 6.45) is 3.07. The van der Waals surface area contributed by atoms with Crippen molar-refractivity contribution in [3.63, 3.8) is 0 Å². The van der Waals surface area contributed by atoms with Crippen molar-refractivity contribution in [2.75, 3.05) is 18.4 Å². The molecule has 1 amide bonds. The second kappa shape index (κ2) is 8.49. The van der Waals surface area contributed by atoms with E-state index in [1.807, 2.05) is 0 Å². The molecule has 2 heterocycles. The van der Waals surface area contributed by atoms with Crippen LogP contribution >= 0.6 is 0 Å². The SMILES string of the molecule is CCC(=O)Nc1ccc(OC2CCN(S(=O)(=O)c3ccccc3)CC2)nc1. The van der Waals surface area contributed by atoms with E-state index in [1.165, 1.54) is 4.31 Å². The average molecular weight is 389 g/mol. The molecule has 7 nitrogen and oxygen atoms in total. The van der Waals surface area contributed by atoms with Crippen molar-refractivity contribution in [3.05, 3.63) is 48.7 Å². The number of hydrogen-bond donors (Lipinski definition) is 1. The number of nitrogens with one attached hydrogen (secondary N) is 1. The Hall–Kier alpha value is -2.45. The fourth-order valence-electron chi connectivity index (χ4n) is 2.88. The number of amides is 1. The molecule has 0 aliphatic carbocycles. The molecule has 0 atom stereocenters. The topological polar surface area (TPSA) is 88.6 Å². The van der Waals surface area contributed by atoms with Crippen LogP contribution in [0.4, 0.5) is 5.69 Å². The van der Waals surface area contributed by atoms with E-state index in [9.17, 15) is 13.2 Å². The summed E-state index contributed by atoms with van der Waals surface area (Å²) in [6, 6.07) is 11.9. The summed E-state index contributed by atoms with van der Waals surface area (Å²) in [5, 5.41) is 2.73. The lowest BCUT2D eigenvalue weighted by Crippen LogP contribution is -2.41. The van der Waals surface area contributed by atoms with E-state index < -0.39 is 10.0 Å². The van der Waals surface area contributed by atoms with Crippen LogP contribution in [0.1, 0.15) is 26.2 Å². The Balaban J connectivity index is 1.54. The lowest BCUT2D eigenvalue weighted by Gasteiger charge is -2.31. The van der Waals surface area contributed by atoms with Gasteiger partial charge in [-0.05, 0) is 31.0 Å². The van der Waals surface area contributed by atoms with Gasteiger partial charge >= 0.3 is 0 Å². The summed E-state index contributed by atoms with van der Waals surface area (Å²) in [7, 11) is -3.46. The molecule has 1 aliphatic rings. The van der Waals surface area contributed by atoms with E-state index in [0.717, 1.165) is 0 Å². The third kappa shape index (κ3) is 4.84. The third-order valence-corrected chi connectivity index (χ3v) is 6.32. The van der Waals surface area contributed by atoms with Crippen LogP contribution < -0.4 is 10.1 Å². The van der Waals surface area contributed by atoms with E-state index in [-0.39, 0.29) is 12.0 Å². The van der Waals surface area contributed by atoms with Crippen LogP contribution in [-0.2, 0) is 14.8 Å². The Morgan fingerprint density at radius 3 is 2.48 bits per heavy atom. The molecule has 0 saturated carbocycles. The first-order valence-electron chi connectivity index (χ1n) is 8.97. The minimum absolute atomic E-state index is 0.0718. The van der Waals surface area contributed by atoms with Crippen molar-refractivity contribution in [3.8, 4) is 5.88 Å². The second-order valence-corrected chi connectivity index (χ2v) is 8.26. The minimum atomic E-state index is -3.46. The number of nitrogens with zero attached hydrogens (tertiary/aromatic N) is 2. The summed E-state index contributed by atoms with van der Waals surface area (Å²) >= 11 is 0. The van der Waals surface area contributed by atoms with Gasteiger partial charge in [-0.1, -0.05) is 25.1 Å². The van der Waals surface area contributed by atoms with Crippen LogP contribution in [-0.4, -0.2) is 42.8 Å². The van der Waals surface area contributed by atoms with Crippen LogP contribution in [0, 0.1) is 0 Å². The molecule has 0 bridgehead atoms. The maximum absolute atomic E-state index is 12.6. The molecular formula is C19H23N3O4S. The molecular weight excluding hydrogens is 366 g/mol. The number of ether oxygens (including phenoxy) is 1. The third-order valence-electron chi connectivity index (χ3n) is 4.41. The highest BCUT2D eigenvalue weighted by Crippen LogP contribution is 2.23. The maximum atomic E-state index is 12.6. The first-order valence-corrected chi connectivity index (χ1v) is 10.4. The Kier molecular flexibility index (Phi) is 6.08. The second-order valence-electron chi connectivity index (χ2n) is 6.32. The molecule has 27 heavy (non-hydrogen) atoms. The lowest BCUT2D eigenvalue weighted by atomic mass is 10.1. The summed E-state index contributed by atoms with van der Waals surface area (Å²) in [4.78, 5) is 15.9. The van der Waals surface area contributed by atoms with Gasteiger partial charge < -0.3 is 10.1 Å². The van der Waals surface area contributed by atoms with Gasteiger partial charge in [-0.25, -0.2) is 13.4 Å². The summed E-state index contributed by atoms with van der Waals surface area (Å²) in [5.41, 5.74) is 0.623. The Bertz CT molecular complexity index is 862. The largest absolute Gasteiger partial charge is 0.474 e. The Morgan fingerprint density at radius 1 is 1.19 bits per heavy atom. The molecule has 0 unspecified atom stereocenters. The van der Waals surface area contributed by atoms with Gasteiger partial charge in [0.1, 0.15) is 6.10 Å². The van der Waals surface area contributed by atoms with Crippen molar-refractivity contribution in [2.24, 2.45) is 0 Å². The van der Waals surface area contributed by atoms with Crippen molar-refractivity contribution in [1.82, 2.24) is 9.29 Å². The van der Waals surface area contributed by atoms with Crippen LogP contribution in [0.15, 0.2) is 53.6 Å². The number of hydrogen-bond acceptors (Lipinski definition) is 5. The molecule has 1 aromatic heterocycles. The fourth-order valence-corrected chi connectivity index (χ4v) is 4.37. The van der Waals surface area contributed by atoms with E-state index in [0.29, 0.717) is 48.8 Å². The van der Waals surface area contributed by atoms with Crippen LogP contribution in [0.3, 0.4) is 0 Å². The van der Waals surface area contributed by atoms with Gasteiger partial charge in [0.05, 0.1) is 16.8 Å². The standard InChI is InChI=1S/C19H23N3O4S/c1-2-18(23)21-15-8-9-19(20-14-15)26-16-10-12-22(13-11-16)27(24,25)17-6-4-3-5-7-17/h3-9,14,16H,2,10-13H2,1H3,(H,21,23). The molecule has 0 spiro atoms. The highest BCUT2D eigenvalue weighted by molar-refractivity contribution is 7.89. The van der Waals surface area contributed by atoms with E-state index in [2.05, 4.69) is 10.3 Å². The van der Waals surface area contributed by atoms with Crippen molar-refractivity contribution in [1.29, 1.82) is 0 Å². The molecule has 1 N–H and O–H groups in total. The number of pyridine rings is 1. The van der Waals surface area contributed by atoms with Gasteiger partial charge in [-0.2, -0.15) is 4.31 Å². The summed E-state index contributed by atoms with van der Waals surface area (Å²) < 4.78 is 32.6. The Labute approximate surface area is 159 Å². The highest BCUT2D eigenvalue weighted by Gasteiger charge is 2.30. The molecule has 144 valence electrons. The van der Waals surface area contributed by atoms with Gasteiger partial charge in [-0.3, -0.25) is 4.79 Å². The zero-order valence-corrected chi connectivity index (χ0v) is 16.0. The molecule has 1 aromatic carbocycles. The maximum Gasteiger partial charge on any atom is 0.243 e. The summed E-state index contributed by atoms with van der Waals surface area (Å²) in [5.74, 6) is 0.395. The number of carbonyl (C=O) groups excluding carboxylic acids is 1. The van der Waals surface area contributed by atoms with Crippen LogP contribution in [0.25, 0.3) is 0 Å².